The molecular weight excluding hydrogens is 124 g/mol. The van der Waals surface area contributed by atoms with E-state index in [1.54, 1.807) is 0 Å². The van der Waals surface area contributed by atoms with E-state index in [9.17, 15) is 5.11 Å². The Morgan fingerprint density at radius 2 is 2.00 bits per heavy atom. The van der Waals surface area contributed by atoms with Gasteiger partial charge in [-0.2, -0.15) is 0 Å². The van der Waals surface area contributed by atoms with Gasteiger partial charge in [-0.1, -0.05) is 20.8 Å². The Morgan fingerprint density at radius 1 is 1.50 bits per heavy atom. The molecular formula is C9H18O. The molecule has 1 heteroatoms. The van der Waals surface area contributed by atoms with Gasteiger partial charge in [0.15, 0.2) is 0 Å². The Balaban J connectivity index is 2.16. The molecule has 0 spiro atoms. The van der Waals surface area contributed by atoms with Crippen LogP contribution < -0.4 is 0 Å². The van der Waals surface area contributed by atoms with Crippen LogP contribution in [0.3, 0.4) is 0 Å². The van der Waals surface area contributed by atoms with E-state index in [2.05, 4.69) is 20.8 Å². The van der Waals surface area contributed by atoms with Crippen molar-refractivity contribution in [3.05, 3.63) is 0 Å². The van der Waals surface area contributed by atoms with Crippen molar-refractivity contribution >= 4 is 0 Å². The minimum Gasteiger partial charge on any atom is -0.393 e. The second-order valence-electron chi connectivity index (χ2n) is 4.07. The summed E-state index contributed by atoms with van der Waals surface area (Å²) in [6.07, 6.45) is 2.21. The fourth-order valence-corrected chi connectivity index (χ4v) is 1.54. The first kappa shape index (κ1) is 8.06. The molecule has 60 valence electrons. The molecule has 1 rings (SSSR count). The zero-order valence-corrected chi connectivity index (χ0v) is 7.17. The standard InChI is InChI=1S/C9H18O/c1-6(2)4-9(10)8-5-7(8)3/h6-10H,4-5H2,1-3H3/t7-,8-,9?/m0/s1. The molecule has 0 saturated heterocycles. The highest BCUT2D eigenvalue weighted by atomic mass is 16.3. The Labute approximate surface area is 63.4 Å². The predicted octanol–water partition coefficient (Wildman–Crippen LogP) is 2.05. The molecule has 0 amide bonds. The first-order chi connectivity index (χ1) is 4.61. The zero-order valence-electron chi connectivity index (χ0n) is 7.17. The van der Waals surface area contributed by atoms with E-state index in [4.69, 9.17) is 0 Å². The van der Waals surface area contributed by atoms with Gasteiger partial charge in [-0.25, -0.2) is 0 Å². The van der Waals surface area contributed by atoms with E-state index in [0.717, 1.165) is 12.3 Å². The van der Waals surface area contributed by atoms with Crippen LogP contribution in [0.25, 0.3) is 0 Å². The highest BCUT2D eigenvalue weighted by molar-refractivity contribution is 4.88. The summed E-state index contributed by atoms with van der Waals surface area (Å²) in [5.74, 6) is 2.05. The first-order valence-corrected chi connectivity index (χ1v) is 4.29. The lowest BCUT2D eigenvalue weighted by molar-refractivity contribution is 0.122. The molecule has 0 aliphatic heterocycles. The normalized spacial score (nSPS) is 34.5. The second-order valence-corrected chi connectivity index (χ2v) is 4.07. The van der Waals surface area contributed by atoms with Crippen molar-refractivity contribution in [1.29, 1.82) is 0 Å². The van der Waals surface area contributed by atoms with Gasteiger partial charge in [0.05, 0.1) is 6.10 Å². The van der Waals surface area contributed by atoms with Crippen LogP contribution in [0.2, 0.25) is 0 Å². The average molecular weight is 142 g/mol. The van der Waals surface area contributed by atoms with Crippen molar-refractivity contribution in [1.82, 2.24) is 0 Å². The van der Waals surface area contributed by atoms with Crippen molar-refractivity contribution in [3.63, 3.8) is 0 Å². The van der Waals surface area contributed by atoms with E-state index < -0.39 is 0 Å². The minimum absolute atomic E-state index is 0.0185. The molecule has 1 fully saturated rings. The summed E-state index contributed by atoms with van der Waals surface area (Å²) in [5.41, 5.74) is 0. The minimum atomic E-state index is -0.0185. The maximum absolute atomic E-state index is 9.53. The van der Waals surface area contributed by atoms with E-state index in [1.807, 2.05) is 0 Å². The third-order valence-corrected chi connectivity index (χ3v) is 2.38. The Bertz CT molecular complexity index is 109. The van der Waals surface area contributed by atoms with Crippen molar-refractivity contribution < 1.29 is 5.11 Å². The highest BCUT2D eigenvalue weighted by Crippen LogP contribution is 2.42. The molecule has 3 atom stereocenters. The van der Waals surface area contributed by atoms with Crippen molar-refractivity contribution in [2.24, 2.45) is 17.8 Å². The molecule has 0 aromatic carbocycles. The summed E-state index contributed by atoms with van der Waals surface area (Å²) in [5, 5.41) is 9.53. The summed E-state index contributed by atoms with van der Waals surface area (Å²) in [4.78, 5) is 0. The maximum atomic E-state index is 9.53. The SMILES string of the molecule is CC(C)CC(O)[C@H]1C[C@@H]1C. The number of aliphatic hydroxyl groups is 1. The van der Waals surface area contributed by atoms with Crippen molar-refractivity contribution in [2.45, 2.75) is 39.7 Å². The molecule has 0 heterocycles. The van der Waals surface area contributed by atoms with Crippen LogP contribution in [0.4, 0.5) is 0 Å². The third-order valence-electron chi connectivity index (χ3n) is 2.38. The fourth-order valence-electron chi connectivity index (χ4n) is 1.54. The highest BCUT2D eigenvalue weighted by Gasteiger charge is 2.38. The molecule has 1 aliphatic rings. The fraction of sp³-hybridized carbons (Fsp3) is 1.00. The Hall–Kier alpha value is -0.0400. The van der Waals surface area contributed by atoms with Crippen LogP contribution in [-0.4, -0.2) is 11.2 Å². The quantitative estimate of drug-likeness (QED) is 0.639. The molecule has 1 unspecified atom stereocenters. The van der Waals surface area contributed by atoms with Crippen LogP contribution in [0.15, 0.2) is 0 Å². The van der Waals surface area contributed by atoms with E-state index in [0.29, 0.717) is 11.8 Å². The molecule has 0 radical (unpaired) electrons. The van der Waals surface area contributed by atoms with Gasteiger partial charge in [0, 0.05) is 0 Å². The summed E-state index contributed by atoms with van der Waals surface area (Å²) >= 11 is 0. The van der Waals surface area contributed by atoms with Crippen molar-refractivity contribution in [2.75, 3.05) is 0 Å². The van der Waals surface area contributed by atoms with Crippen LogP contribution in [0.1, 0.15) is 33.6 Å². The van der Waals surface area contributed by atoms with Gasteiger partial charge >= 0.3 is 0 Å². The van der Waals surface area contributed by atoms with E-state index >= 15 is 0 Å². The number of hydrogen-bond acceptors (Lipinski definition) is 1. The number of aliphatic hydroxyl groups excluding tert-OH is 1. The molecule has 1 N–H and O–H groups in total. The summed E-state index contributed by atoms with van der Waals surface area (Å²) in [7, 11) is 0. The molecule has 10 heavy (non-hydrogen) atoms. The Morgan fingerprint density at radius 3 is 2.30 bits per heavy atom. The van der Waals surface area contributed by atoms with Gasteiger partial charge in [-0.3, -0.25) is 0 Å². The van der Waals surface area contributed by atoms with Crippen molar-refractivity contribution in [3.8, 4) is 0 Å². The van der Waals surface area contributed by atoms with Crippen LogP contribution >= 0.6 is 0 Å². The van der Waals surface area contributed by atoms with Crippen LogP contribution in [0, 0.1) is 17.8 Å². The second kappa shape index (κ2) is 2.91. The lowest BCUT2D eigenvalue weighted by Crippen LogP contribution is -2.13. The summed E-state index contributed by atoms with van der Waals surface area (Å²) in [6.45, 7) is 6.54. The van der Waals surface area contributed by atoms with Gasteiger partial charge in [0.25, 0.3) is 0 Å². The lowest BCUT2D eigenvalue weighted by atomic mass is 10.0. The predicted molar refractivity (Wildman–Crippen MR) is 42.7 cm³/mol. The number of hydrogen-bond donors (Lipinski definition) is 1. The molecule has 0 aromatic rings. The largest absolute Gasteiger partial charge is 0.393 e. The smallest absolute Gasteiger partial charge is 0.0573 e. The summed E-state index contributed by atoms with van der Waals surface area (Å²) < 4.78 is 0. The molecule has 1 nitrogen and oxygen atoms in total. The first-order valence-electron chi connectivity index (χ1n) is 4.29. The van der Waals surface area contributed by atoms with Crippen LogP contribution in [-0.2, 0) is 0 Å². The topological polar surface area (TPSA) is 20.2 Å². The Kier molecular flexibility index (Phi) is 2.35. The average Bonchev–Trinajstić information content (AvgIpc) is 2.44. The molecule has 1 saturated carbocycles. The van der Waals surface area contributed by atoms with E-state index in [-0.39, 0.29) is 6.10 Å². The summed E-state index contributed by atoms with van der Waals surface area (Å²) in [6, 6.07) is 0. The van der Waals surface area contributed by atoms with Gasteiger partial charge in [-0.15, -0.1) is 0 Å². The molecule has 0 aromatic heterocycles. The number of rotatable bonds is 3. The third kappa shape index (κ3) is 1.98. The van der Waals surface area contributed by atoms with E-state index in [1.165, 1.54) is 6.42 Å². The van der Waals surface area contributed by atoms with Crippen LogP contribution in [0.5, 0.6) is 0 Å². The lowest BCUT2D eigenvalue weighted by Gasteiger charge is -2.11. The molecule has 0 bridgehead atoms. The van der Waals surface area contributed by atoms with Gasteiger partial charge in [-0.05, 0) is 30.6 Å². The maximum Gasteiger partial charge on any atom is 0.0573 e. The zero-order chi connectivity index (χ0) is 7.72. The molecule has 1 aliphatic carbocycles. The monoisotopic (exact) mass is 142 g/mol. The van der Waals surface area contributed by atoms with Gasteiger partial charge < -0.3 is 5.11 Å². The van der Waals surface area contributed by atoms with Gasteiger partial charge in [0.1, 0.15) is 0 Å². The van der Waals surface area contributed by atoms with Gasteiger partial charge in [0.2, 0.25) is 0 Å².